The zero-order chi connectivity index (χ0) is 9.14. The number of hydrogen-bond acceptors (Lipinski definition) is 5. The third kappa shape index (κ3) is 1.85. The van der Waals surface area contributed by atoms with Gasteiger partial charge in [0, 0.05) is 6.54 Å². The quantitative estimate of drug-likeness (QED) is 0.456. The second-order valence-corrected chi connectivity index (χ2v) is 2.56. The Kier molecular flexibility index (Phi) is 2.49. The van der Waals surface area contributed by atoms with Gasteiger partial charge >= 0.3 is 0 Å². The van der Waals surface area contributed by atoms with Crippen LogP contribution >= 0.6 is 0 Å². The minimum Gasteiger partial charge on any atom is -0.548 e. The summed E-state index contributed by atoms with van der Waals surface area (Å²) in [5, 5.41) is 21.3. The van der Waals surface area contributed by atoms with Crippen LogP contribution in [0.4, 0.5) is 4.79 Å². The van der Waals surface area contributed by atoms with Crippen LogP contribution in [-0.2, 0) is 4.79 Å². The summed E-state index contributed by atoms with van der Waals surface area (Å²) >= 11 is 0. The Morgan fingerprint density at radius 2 is 2.08 bits per heavy atom. The van der Waals surface area contributed by atoms with Crippen molar-refractivity contribution in [3.05, 3.63) is 0 Å². The van der Waals surface area contributed by atoms with Gasteiger partial charge in [0.15, 0.2) is 6.09 Å². The largest absolute Gasteiger partial charge is 0.548 e. The monoisotopic (exact) mass is 172 g/mol. The highest BCUT2D eigenvalue weighted by Crippen LogP contribution is 2.05. The van der Waals surface area contributed by atoms with Crippen LogP contribution in [0.15, 0.2) is 0 Å². The molecule has 0 aliphatic carbocycles. The van der Waals surface area contributed by atoms with Crippen LogP contribution in [0.5, 0.6) is 0 Å². The van der Waals surface area contributed by atoms with E-state index in [1.165, 1.54) is 0 Å². The summed E-state index contributed by atoms with van der Waals surface area (Å²) in [5.41, 5.74) is 2.26. The topological polar surface area (TPSA) is 95.5 Å². The Morgan fingerprint density at radius 1 is 1.42 bits per heavy atom. The normalized spacial score (nSPS) is 23.7. The van der Waals surface area contributed by atoms with Gasteiger partial charge in [-0.2, -0.15) is 0 Å². The maximum atomic E-state index is 10.3. The van der Waals surface area contributed by atoms with Crippen LogP contribution in [0.3, 0.4) is 0 Å². The minimum absolute atomic E-state index is 0.256. The molecular weight excluding hydrogens is 164 g/mol. The Bertz CT molecular complexity index is 186. The highest BCUT2D eigenvalue weighted by Gasteiger charge is 2.19. The molecule has 0 spiro atoms. The van der Waals surface area contributed by atoms with E-state index in [0.29, 0.717) is 12.8 Å². The second-order valence-electron chi connectivity index (χ2n) is 2.56. The van der Waals surface area contributed by atoms with Crippen molar-refractivity contribution in [1.82, 2.24) is 10.4 Å². The zero-order valence-electron chi connectivity index (χ0n) is 6.28. The van der Waals surface area contributed by atoms with Crippen LogP contribution in [-0.4, -0.2) is 29.7 Å². The van der Waals surface area contributed by atoms with E-state index in [1.807, 2.05) is 0 Å². The van der Waals surface area contributed by atoms with Gasteiger partial charge in [0.1, 0.15) is 0 Å². The van der Waals surface area contributed by atoms with Crippen LogP contribution in [0.2, 0.25) is 0 Å². The summed E-state index contributed by atoms with van der Waals surface area (Å²) in [6.45, 7) is 0.256. The predicted octanol–water partition coefficient (Wildman–Crippen LogP) is -2.95. The van der Waals surface area contributed by atoms with Gasteiger partial charge in [-0.3, -0.25) is 5.01 Å². The van der Waals surface area contributed by atoms with Gasteiger partial charge in [-0.15, -0.1) is 0 Å². The molecule has 6 heteroatoms. The van der Waals surface area contributed by atoms with E-state index >= 15 is 0 Å². The van der Waals surface area contributed by atoms with E-state index < -0.39 is 18.1 Å². The standard InChI is InChI=1S/C6H10N2O4/c9-5(10)4-2-1-3-8(7-4)6(11)12/h4,7H,1-3H2,(H,9,10)(H,11,12)/p-2/t4-/m0/s1. The Hall–Kier alpha value is -1.30. The molecule has 0 saturated carbocycles. The minimum atomic E-state index is -1.42. The number of rotatable bonds is 1. The Morgan fingerprint density at radius 3 is 2.58 bits per heavy atom. The van der Waals surface area contributed by atoms with Crippen molar-refractivity contribution in [1.29, 1.82) is 0 Å². The van der Waals surface area contributed by atoms with Crippen molar-refractivity contribution < 1.29 is 19.8 Å². The molecule has 1 atom stereocenters. The fourth-order valence-corrected chi connectivity index (χ4v) is 1.09. The predicted molar refractivity (Wildman–Crippen MR) is 33.3 cm³/mol. The number of aliphatic carboxylic acids is 1. The first-order valence-corrected chi connectivity index (χ1v) is 3.57. The van der Waals surface area contributed by atoms with Crippen LogP contribution in [0, 0.1) is 0 Å². The van der Waals surface area contributed by atoms with Gasteiger partial charge in [0.2, 0.25) is 0 Å². The van der Waals surface area contributed by atoms with E-state index in [2.05, 4.69) is 5.43 Å². The summed E-state index contributed by atoms with van der Waals surface area (Å²) in [7, 11) is 0. The highest BCUT2D eigenvalue weighted by molar-refractivity contribution is 5.72. The number of hydrogen-bond donors (Lipinski definition) is 1. The van der Waals surface area contributed by atoms with Crippen molar-refractivity contribution in [2.75, 3.05) is 6.54 Å². The fourth-order valence-electron chi connectivity index (χ4n) is 1.09. The molecule has 1 amide bonds. The molecule has 0 radical (unpaired) electrons. The van der Waals surface area contributed by atoms with Crippen molar-refractivity contribution >= 4 is 12.1 Å². The molecule has 1 aliphatic heterocycles. The van der Waals surface area contributed by atoms with E-state index in [4.69, 9.17) is 0 Å². The molecule has 12 heavy (non-hydrogen) atoms. The van der Waals surface area contributed by atoms with Crippen molar-refractivity contribution in [3.63, 3.8) is 0 Å². The Balaban J connectivity index is 2.51. The van der Waals surface area contributed by atoms with Gasteiger partial charge in [-0.05, 0) is 12.8 Å². The fraction of sp³-hybridized carbons (Fsp3) is 0.667. The number of nitrogens with one attached hydrogen (secondary N) is 1. The molecule has 0 aromatic heterocycles. The summed E-state index contributed by atoms with van der Waals surface area (Å²) in [4.78, 5) is 20.6. The SMILES string of the molecule is O=C([O-])[C@@H]1CCCN(C(=O)[O-])N1. The first kappa shape index (κ1) is 8.79. The van der Waals surface area contributed by atoms with Crippen molar-refractivity contribution in [2.45, 2.75) is 18.9 Å². The number of nitrogens with zero attached hydrogens (tertiary/aromatic N) is 1. The maximum Gasteiger partial charge on any atom is 0.152 e. The maximum absolute atomic E-state index is 10.3. The van der Waals surface area contributed by atoms with Crippen LogP contribution < -0.4 is 15.6 Å². The number of carbonyl (C=O) groups excluding carboxylic acids is 2. The van der Waals surface area contributed by atoms with Gasteiger partial charge in [0.05, 0.1) is 12.0 Å². The third-order valence-corrected chi connectivity index (χ3v) is 1.69. The first-order chi connectivity index (χ1) is 5.61. The average Bonchev–Trinajstić information content (AvgIpc) is 2.04. The number of amides is 1. The number of carbonyl (C=O) groups is 2. The molecule has 0 aromatic rings. The van der Waals surface area contributed by atoms with E-state index in [-0.39, 0.29) is 6.54 Å². The molecule has 6 nitrogen and oxygen atoms in total. The third-order valence-electron chi connectivity index (χ3n) is 1.69. The lowest BCUT2D eigenvalue weighted by molar-refractivity contribution is -0.311. The molecule has 1 saturated heterocycles. The van der Waals surface area contributed by atoms with E-state index in [9.17, 15) is 19.8 Å². The summed E-state index contributed by atoms with van der Waals surface area (Å²) < 4.78 is 0. The lowest BCUT2D eigenvalue weighted by atomic mass is 10.1. The lowest BCUT2D eigenvalue weighted by Crippen LogP contribution is -2.60. The zero-order valence-corrected chi connectivity index (χ0v) is 6.28. The molecule has 1 fully saturated rings. The highest BCUT2D eigenvalue weighted by atomic mass is 16.4. The van der Waals surface area contributed by atoms with E-state index in [0.717, 1.165) is 5.01 Å². The lowest BCUT2D eigenvalue weighted by Gasteiger charge is -2.35. The van der Waals surface area contributed by atoms with Gasteiger partial charge < -0.3 is 19.8 Å². The second kappa shape index (κ2) is 3.40. The summed E-state index contributed by atoms with van der Waals surface area (Å²) in [6.07, 6.45) is -0.535. The molecule has 68 valence electrons. The van der Waals surface area contributed by atoms with E-state index in [1.54, 1.807) is 0 Å². The summed E-state index contributed by atoms with van der Waals surface area (Å²) in [6, 6.07) is -0.920. The molecule has 0 aromatic carbocycles. The van der Waals surface area contributed by atoms with Gasteiger partial charge in [-0.1, -0.05) is 0 Å². The average molecular weight is 172 g/mol. The summed E-state index contributed by atoms with van der Waals surface area (Å²) in [5.74, 6) is -1.29. The van der Waals surface area contributed by atoms with Gasteiger partial charge in [0.25, 0.3) is 0 Å². The number of carboxylic acids is 1. The smallest absolute Gasteiger partial charge is 0.152 e. The molecule has 1 aliphatic rings. The van der Waals surface area contributed by atoms with Crippen LogP contribution in [0.25, 0.3) is 0 Å². The first-order valence-electron chi connectivity index (χ1n) is 3.57. The molecular formula is C6H8N2O4-2. The van der Waals surface area contributed by atoms with Crippen molar-refractivity contribution in [3.8, 4) is 0 Å². The number of hydrazine groups is 1. The molecule has 0 unspecified atom stereocenters. The van der Waals surface area contributed by atoms with Crippen LogP contribution in [0.1, 0.15) is 12.8 Å². The number of carboxylic acid groups (broad SMARTS) is 2. The molecule has 1 heterocycles. The van der Waals surface area contributed by atoms with Crippen molar-refractivity contribution in [2.24, 2.45) is 0 Å². The van der Waals surface area contributed by atoms with Gasteiger partial charge in [-0.25, -0.2) is 5.43 Å². The molecule has 0 bridgehead atoms. The Labute approximate surface area is 68.7 Å². The molecule has 1 rings (SSSR count). The molecule has 1 N–H and O–H groups in total.